The van der Waals surface area contributed by atoms with Crippen molar-refractivity contribution in [3.05, 3.63) is 71.5 Å². The summed E-state index contributed by atoms with van der Waals surface area (Å²) in [5.74, 6) is -0.179. The Kier molecular flexibility index (Phi) is 4.69. The highest BCUT2D eigenvalue weighted by Gasteiger charge is 2.09. The first-order chi connectivity index (χ1) is 9.15. The molecule has 0 radical (unpaired) electrons. The van der Waals surface area contributed by atoms with Crippen molar-refractivity contribution >= 4 is 0 Å². The predicted molar refractivity (Wildman–Crippen MR) is 77.6 cm³/mol. The summed E-state index contributed by atoms with van der Waals surface area (Å²) in [5, 5.41) is 3.57. The molecule has 2 atom stereocenters. The summed E-state index contributed by atoms with van der Waals surface area (Å²) in [5.41, 5.74) is 2.44. The van der Waals surface area contributed by atoms with Crippen molar-refractivity contribution in [2.24, 2.45) is 0 Å². The molecule has 2 rings (SSSR count). The van der Waals surface area contributed by atoms with E-state index < -0.39 is 0 Å². The molecule has 100 valence electrons. The number of rotatable bonds is 5. The van der Waals surface area contributed by atoms with E-state index in [0.29, 0.717) is 12.1 Å². The van der Waals surface area contributed by atoms with Gasteiger partial charge in [0.25, 0.3) is 0 Å². The molecule has 0 aromatic heterocycles. The third-order valence-electron chi connectivity index (χ3n) is 3.29. The molecular weight excluding hydrogens is 237 g/mol. The van der Waals surface area contributed by atoms with Gasteiger partial charge in [0.1, 0.15) is 5.82 Å². The lowest BCUT2D eigenvalue weighted by Crippen LogP contribution is -2.30. The van der Waals surface area contributed by atoms with Crippen LogP contribution in [-0.2, 0) is 6.42 Å². The van der Waals surface area contributed by atoms with Gasteiger partial charge in [0.2, 0.25) is 0 Å². The van der Waals surface area contributed by atoms with Crippen molar-refractivity contribution in [2.45, 2.75) is 32.4 Å². The Morgan fingerprint density at radius 1 is 0.947 bits per heavy atom. The molecule has 19 heavy (non-hydrogen) atoms. The maximum atomic E-state index is 12.8. The normalized spacial score (nSPS) is 14.1. The standard InChI is InChI=1S/C17H20FN/c1-13(12-15-8-10-17(18)11-9-15)19-14(2)16-6-4-3-5-7-16/h3-11,13-14,19H,12H2,1-2H3/t13?,14-/m0/s1. The Balaban J connectivity index is 1.90. The SMILES string of the molecule is CC(Cc1ccc(F)cc1)N[C@@H](C)c1ccccc1. The first-order valence-electron chi connectivity index (χ1n) is 6.70. The Labute approximate surface area is 114 Å². The van der Waals surface area contributed by atoms with Crippen LogP contribution in [0.15, 0.2) is 54.6 Å². The van der Waals surface area contributed by atoms with Gasteiger partial charge in [0.05, 0.1) is 0 Å². The van der Waals surface area contributed by atoms with Gasteiger partial charge in [-0.3, -0.25) is 0 Å². The lowest BCUT2D eigenvalue weighted by atomic mass is 10.0. The van der Waals surface area contributed by atoms with Crippen molar-refractivity contribution in [1.82, 2.24) is 5.32 Å². The van der Waals surface area contributed by atoms with E-state index in [1.807, 2.05) is 18.2 Å². The van der Waals surface area contributed by atoms with Gasteiger partial charge in [-0.25, -0.2) is 4.39 Å². The molecule has 1 nitrogen and oxygen atoms in total. The van der Waals surface area contributed by atoms with Gasteiger partial charge in [-0.05, 0) is 43.5 Å². The van der Waals surface area contributed by atoms with Crippen molar-refractivity contribution in [2.75, 3.05) is 0 Å². The fourth-order valence-corrected chi connectivity index (χ4v) is 2.30. The summed E-state index contributed by atoms with van der Waals surface area (Å²) in [6.07, 6.45) is 0.900. The second-order valence-corrected chi connectivity index (χ2v) is 5.03. The Bertz CT molecular complexity index is 492. The Morgan fingerprint density at radius 3 is 2.21 bits per heavy atom. The molecule has 2 aromatic carbocycles. The number of hydrogen-bond acceptors (Lipinski definition) is 1. The molecule has 0 heterocycles. The maximum Gasteiger partial charge on any atom is 0.123 e. The third kappa shape index (κ3) is 4.18. The van der Waals surface area contributed by atoms with Gasteiger partial charge >= 0.3 is 0 Å². The molecule has 0 bridgehead atoms. The number of nitrogens with one attached hydrogen (secondary N) is 1. The summed E-state index contributed by atoms with van der Waals surface area (Å²) < 4.78 is 12.8. The van der Waals surface area contributed by atoms with Crippen LogP contribution in [0.2, 0.25) is 0 Å². The molecule has 0 fully saturated rings. The van der Waals surface area contributed by atoms with Crippen LogP contribution < -0.4 is 5.32 Å². The average Bonchev–Trinajstić information content (AvgIpc) is 2.42. The second-order valence-electron chi connectivity index (χ2n) is 5.03. The molecule has 0 aliphatic heterocycles. The zero-order valence-corrected chi connectivity index (χ0v) is 11.4. The predicted octanol–water partition coefficient (Wildman–Crippen LogP) is 4.11. The van der Waals surface area contributed by atoms with E-state index in [4.69, 9.17) is 0 Å². The molecule has 1 unspecified atom stereocenters. The van der Waals surface area contributed by atoms with Crippen molar-refractivity contribution in [3.8, 4) is 0 Å². The maximum absolute atomic E-state index is 12.8. The highest BCUT2D eigenvalue weighted by atomic mass is 19.1. The van der Waals surface area contributed by atoms with Crippen molar-refractivity contribution in [1.29, 1.82) is 0 Å². The van der Waals surface area contributed by atoms with Gasteiger partial charge in [-0.2, -0.15) is 0 Å². The monoisotopic (exact) mass is 257 g/mol. The lowest BCUT2D eigenvalue weighted by Gasteiger charge is -2.20. The largest absolute Gasteiger partial charge is 0.307 e. The van der Waals surface area contributed by atoms with Crippen LogP contribution in [-0.4, -0.2) is 6.04 Å². The van der Waals surface area contributed by atoms with Crippen LogP contribution in [0.1, 0.15) is 31.0 Å². The molecule has 0 aliphatic rings. The van der Waals surface area contributed by atoms with E-state index in [9.17, 15) is 4.39 Å². The lowest BCUT2D eigenvalue weighted by molar-refractivity contribution is 0.477. The zero-order chi connectivity index (χ0) is 13.7. The molecule has 0 spiro atoms. The van der Waals surface area contributed by atoms with Crippen LogP contribution >= 0.6 is 0 Å². The molecule has 0 saturated heterocycles. The fraction of sp³-hybridized carbons (Fsp3) is 0.294. The van der Waals surface area contributed by atoms with E-state index in [0.717, 1.165) is 12.0 Å². The first-order valence-corrected chi connectivity index (χ1v) is 6.70. The molecule has 2 heteroatoms. The van der Waals surface area contributed by atoms with Crippen LogP contribution in [0.4, 0.5) is 4.39 Å². The van der Waals surface area contributed by atoms with Gasteiger partial charge in [-0.15, -0.1) is 0 Å². The highest BCUT2D eigenvalue weighted by molar-refractivity contribution is 5.19. The molecular formula is C17H20FN. The molecule has 2 aromatic rings. The molecule has 0 amide bonds. The van der Waals surface area contributed by atoms with Crippen LogP contribution in [0.25, 0.3) is 0 Å². The van der Waals surface area contributed by atoms with Crippen molar-refractivity contribution in [3.63, 3.8) is 0 Å². The summed E-state index contributed by atoms with van der Waals surface area (Å²) in [6.45, 7) is 4.32. The van der Waals surface area contributed by atoms with Gasteiger partial charge in [0, 0.05) is 12.1 Å². The van der Waals surface area contributed by atoms with Gasteiger partial charge < -0.3 is 5.32 Å². The summed E-state index contributed by atoms with van der Waals surface area (Å²) in [7, 11) is 0. The first kappa shape index (κ1) is 13.8. The van der Waals surface area contributed by atoms with Gasteiger partial charge in [-0.1, -0.05) is 42.5 Å². The average molecular weight is 257 g/mol. The van der Waals surface area contributed by atoms with Crippen LogP contribution in [0.3, 0.4) is 0 Å². The minimum atomic E-state index is -0.179. The van der Waals surface area contributed by atoms with E-state index in [1.165, 1.54) is 17.7 Å². The molecule has 0 aliphatic carbocycles. The Morgan fingerprint density at radius 2 is 1.58 bits per heavy atom. The van der Waals surface area contributed by atoms with E-state index in [-0.39, 0.29) is 5.82 Å². The number of hydrogen-bond donors (Lipinski definition) is 1. The zero-order valence-electron chi connectivity index (χ0n) is 11.4. The van der Waals surface area contributed by atoms with Gasteiger partial charge in [0.15, 0.2) is 0 Å². The number of halogens is 1. The number of benzene rings is 2. The van der Waals surface area contributed by atoms with Crippen LogP contribution in [0.5, 0.6) is 0 Å². The smallest absolute Gasteiger partial charge is 0.123 e. The molecule has 0 saturated carbocycles. The van der Waals surface area contributed by atoms with E-state index >= 15 is 0 Å². The summed E-state index contributed by atoms with van der Waals surface area (Å²) >= 11 is 0. The Hall–Kier alpha value is -1.67. The minimum absolute atomic E-state index is 0.179. The van der Waals surface area contributed by atoms with Crippen LogP contribution in [0, 0.1) is 5.82 Å². The minimum Gasteiger partial charge on any atom is -0.307 e. The quantitative estimate of drug-likeness (QED) is 0.850. The highest BCUT2D eigenvalue weighted by Crippen LogP contribution is 2.13. The summed E-state index contributed by atoms with van der Waals surface area (Å²) in [6, 6.07) is 17.8. The van der Waals surface area contributed by atoms with E-state index in [1.54, 1.807) is 0 Å². The topological polar surface area (TPSA) is 12.0 Å². The summed E-state index contributed by atoms with van der Waals surface area (Å²) in [4.78, 5) is 0. The van der Waals surface area contributed by atoms with E-state index in [2.05, 4.69) is 43.4 Å². The fourth-order valence-electron chi connectivity index (χ4n) is 2.30. The van der Waals surface area contributed by atoms with Crippen molar-refractivity contribution < 1.29 is 4.39 Å². The second kappa shape index (κ2) is 6.48. The third-order valence-corrected chi connectivity index (χ3v) is 3.29. The molecule has 1 N–H and O–H groups in total.